The second-order valence-electron chi connectivity index (χ2n) is 0.743. The molecular formula is C2H3ORe. The SMILES string of the molecule is [Re][CH]1CO1. The monoisotopic (exact) mass is 230 g/mol. The van der Waals surface area contributed by atoms with E-state index in [1.165, 1.54) is 0 Å². The van der Waals surface area contributed by atoms with E-state index in [1.54, 1.807) is 19.2 Å². The number of hydrogen-bond acceptors (Lipinski definition) is 1. The van der Waals surface area contributed by atoms with Gasteiger partial charge in [0.15, 0.2) is 0 Å². The Hall–Kier alpha value is 0.622. The topological polar surface area (TPSA) is 12.5 Å². The molecule has 0 saturated carbocycles. The fourth-order valence-corrected chi connectivity index (χ4v) is 0.298. The molecular weight excluding hydrogens is 226 g/mol. The van der Waals surface area contributed by atoms with Crippen LogP contribution in [0.15, 0.2) is 0 Å². The molecule has 24 valence electrons. The van der Waals surface area contributed by atoms with Gasteiger partial charge in [-0.3, -0.25) is 0 Å². The van der Waals surface area contributed by atoms with Crippen LogP contribution in [0.5, 0.6) is 0 Å². The third-order valence-corrected chi connectivity index (χ3v) is 1.20. The van der Waals surface area contributed by atoms with Crippen molar-refractivity contribution in [2.75, 3.05) is 6.61 Å². The molecule has 0 bridgehead atoms. The molecule has 0 aromatic rings. The first-order valence-electron chi connectivity index (χ1n) is 1.15. The molecule has 1 aliphatic heterocycles. The van der Waals surface area contributed by atoms with E-state index in [1.807, 2.05) is 0 Å². The van der Waals surface area contributed by atoms with Crippen LogP contribution in [0.1, 0.15) is 0 Å². The molecule has 0 amide bonds. The van der Waals surface area contributed by atoms with E-state index in [0.29, 0.717) is 4.58 Å². The molecule has 1 atom stereocenters. The van der Waals surface area contributed by atoms with E-state index in [0.717, 1.165) is 6.61 Å². The molecule has 1 saturated heterocycles. The van der Waals surface area contributed by atoms with Crippen LogP contribution in [0, 0.1) is 0 Å². The fraction of sp³-hybridized carbons (Fsp3) is 1.00. The minimum atomic E-state index is 0.639. The Morgan fingerprint density at radius 2 is 2.25 bits per heavy atom. The zero-order valence-corrected chi connectivity index (χ0v) is 4.79. The van der Waals surface area contributed by atoms with Gasteiger partial charge in [-0.05, 0) is 0 Å². The van der Waals surface area contributed by atoms with Crippen molar-refractivity contribution in [2.24, 2.45) is 0 Å². The maximum absolute atomic E-state index is 4.73. The van der Waals surface area contributed by atoms with Crippen LogP contribution >= 0.6 is 0 Å². The van der Waals surface area contributed by atoms with Gasteiger partial charge in [0.1, 0.15) is 0 Å². The molecule has 1 unspecified atom stereocenters. The van der Waals surface area contributed by atoms with E-state index in [-0.39, 0.29) is 0 Å². The Labute approximate surface area is 35.7 Å². The third kappa shape index (κ3) is 0.526. The Balaban J connectivity index is 2.17. The van der Waals surface area contributed by atoms with Gasteiger partial charge < -0.3 is 0 Å². The molecule has 1 rings (SSSR count). The summed E-state index contributed by atoms with van der Waals surface area (Å²) in [5.74, 6) is 0. The molecule has 0 N–H and O–H groups in total. The second kappa shape index (κ2) is 0.788. The molecule has 0 aliphatic carbocycles. The summed E-state index contributed by atoms with van der Waals surface area (Å²) in [7, 11) is 0. The van der Waals surface area contributed by atoms with Crippen molar-refractivity contribution in [1.29, 1.82) is 0 Å². The summed E-state index contributed by atoms with van der Waals surface area (Å²) >= 11 is 1.73. The third-order valence-electron chi connectivity index (χ3n) is 0.293. The van der Waals surface area contributed by atoms with Gasteiger partial charge in [-0.2, -0.15) is 0 Å². The Kier molecular flexibility index (Phi) is 0.559. The first kappa shape index (κ1) is 2.84. The summed E-state index contributed by atoms with van der Waals surface area (Å²) in [6.07, 6.45) is 0. The molecule has 0 aromatic heterocycles. The predicted molar refractivity (Wildman–Crippen MR) is 9.74 cm³/mol. The number of ether oxygens (including phenoxy) is 1. The molecule has 1 fully saturated rings. The van der Waals surface area contributed by atoms with E-state index in [4.69, 9.17) is 4.74 Å². The molecule has 0 radical (unpaired) electrons. The fourth-order valence-electron chi connectivity index (χ4n) is 0.0364. The Morgan fingerprint density at radius 1 is 2.00 bits per heavy atom. The molecule has 2 heteroatoms. The summed E-state index contributed by atoms with van der Waals surface area (Å²) in [6, 6.07) is 0. The first-order valence-corrected chi connectivity index (χ1v) is 2.72. The average Bonchev–Trinajstić information content (AvgIpc) is 1.75. The van der Waals surface area contributed by atoms with E-state index in [9.17, 15) is 0 Å². The Bertz CT molecular complexity index is 25.2. The van der Waals surface area contributed by atoms with Crippen molar-refractivity contribution in [1.82, 2.24) is 0 Å². The van der Waals surface area contributed by atoms with Crippen LogP contribution in [0.4, 0.5) is 0 Å². The first-order chi connectivity index (χ1) is 1.89. The maximum atomic E-state index is 4.73. The molecule has 1 aliphatic rings. The molecule has 1 heterocycles. The predicted octanol–water partition coefficient (Wildman–Crippen LogP) is -0.111. The summed E-state index contributed by atoms with van der Waals surface area (Å²) in [5, 5.41) is 0. The van der Waals surface area contributed by atoms with Crippen molar-refractivity contribution in [3.8, 4) is 0 Å². The van der Waals surface area contributed by atoms with Gasteiger partial charge in [-0.25, -0.2) is 0 Å². The number of hydrogen-bond donors (Lipinski definition) is 0. The minimum absolute atomic E-state index is 0.639. The van der Waals surface area contributed by atoms with Crippen molar-refractivity contribution >= 4 is 0 Å². The van der Waals surface area contributed by atoms with Gasteiger partial charge in [0.2, 0.25) is 0 Å². The van der Waals surface area contributed by atoms with Gasteiger partial charge >= 0.3 is 35.1 Å². The summed E-state index contributed by atoms with van der Waals surface area (Å²) < 4.78 is 5.37. The van der Waals surface area contributed by atoms with Crippen LogP contribution in [-0.2, 0) is 23.9 Å². The Morgan fingerprint density at radius 3 is 2.25 bits per heavy atom. The molecule has 4 heavy (non-hydrogen) atoms. The van der Waals surface area contributed by atoms with Crippen LogP contribution in [0.2, 0.25) is 0 Å². The van der Waals surface area contributed by atoms with Gasteiger partial charge in [-0.15, -0.1) is 0 Å². The summed E-state index contributed by atoms with van der Waals surface area (Å²) in [6.45, 7) is 1.01. The van der Waals surface area contributed by atoms with Crippen LogP contribution in [-0.4, -0.2) is 11.2 Å². The zero-order valence-electron chi connectivity index (χ0n) is 2.07. The second-order valence-corrected chi connectivity index (χ2v) is 2.49. The normalized spacial score (nSPS) is 39.8. The van der Waals surface area contributed by atoms with Gasteiger partial charge in [-0.1, -0.05) is 0 Å². The molecule has 1 nitrogen and oxygen atoms in total. The van der Waals surface area contributed by atoms with Gasteiger partial charge in [0, 0.05) is 0 Å². The molecule has 0 aromatic carbocycles. The average molecular weight is 229 g/mol. The van der Waals surface area contributed by atoms with E-state index >= 15 is 0 Å². The van der Waals surface area contributed by atoms with Crippen LogP contribution in [0.25, 0.3) is 0 Å². The van der Waals surface area contributed by atoms with E-state index < -0.39 is 0 Å². The zero-order chi connectivity index (χ0) is 2.99. The van der Waals surface area contributed by atoms with Crippen LogP contribution < -0.4 is 0 Å². The van der Waals surface area contributed by atoms with Gasteiger partial charge in [0.05, 0.1) is 0 Å². The summed E-state index contributed by atoms with van der Waals surface area (Å²) in [4.78, 5) is 0. The standard InChI is InChI=1S/C2H3O.Re/c1-2-3-1;/h1H,2H2;. The quantitative estimate of drug-likeness (QED) is 0.528. The van der Waals surface area contributed by atoms with Crippen molar-refractivity contribution in [3.63, 3.8) is 0 Å². The van der Waals surface area contributed by atoms with Crippen molar-refractivity contribution < 1.29 is 23.9 Å². The number of epoxide rings is 1. The number of rotatable bonds is 0. The van der Waals surface area contributed by atoms with Crippen LogP contribution in [0.3, 0.4) is 0 Å². The summed E-state index contributed by atoms with van der Waals surface area (Å²) in [5.41, 5.74) is 0. The van der Waals surface area contributed by atoms with Gasteiger partial charge in [0.25, 0.3) is 0 Å². The molecule has 0 spiro atoms. The van der Waals surface area contributed by atoms with Crippen molar-refractivity contribution in [3.05, 3.63) is 0 Å². The van der Waals surface area contributed by atoms with E-state index in [2.05, 4.69) is 0 Å². The van der Waals surface area contributed by atoms with Crippen molar-refractivity contribution in [2.45, 2.75) is 4.58 Å².